The molecule has 4 aromatic rings. The summed E-state index contributed by atoms with van der Waals surface area (Å²) in [6.45, 7) is 0. The van der Waals surface area contributed by atoms with E-state index in [4.69, 9.17) is 23.2 Å². The molecule has 1 aliphatic rings. The molecule has 0 N–H and O–H groups in total. The van der Waals surface area contributed by atoms with Gasteiger partial charge in [0.1, 0.15) is 0 Å². The normalized spacial score (nSPS) is 13.3. The second-order valence-corrected chi connectivity index (χ2v) is 8.53. The second kappa shape index (κ2) is 10.0. The van der Waals surface area contributed by atoms with Gasteiger partial charge in [-0.1, -0.05) is 35.3 Å². The molecule has 150 valence electrons. The third-order valence-corrected chi connectivity index (χ3v) is 6.68. The zero-order valence-corrected chi connectivity index (χ0v) is 20.5. The van der Waals surface area contributed by atoms with E-state index in [1.807, 2.05) is 54.9 Å². The summed E-state index contributed by atoms with van der Waals surface area (Å²) in [5.74, 6) is -0.147. The van der Waals surface area contributed by atoms with Crippen LogP contribution in [0.5, 0.6) is 0 Å². The van der Waals surface area contributed by atoms with E-state index in [1.165, 1.54) is 0 Å². The first-order valence-electron chi connectivity index (χ1n) is 8.26. The van der Waals surface area contributed by atoms with Gasteiger partial charge in [-0.3, -0.25) is 9.59 Å². The van der Waals surface area contributed by atoms with Gasteiger partial charge < -0.3 is 0 Å². The molecule has 0 saturated carbocycles. The number of hydrogen-bond acceptors (Lipinski definition) is 4. The van der Waals surface area contributed by atoms with Crippen LogP contribution in [0.4, 0.5) is 0 Å². The van der Waals surface area contributed by atoms with E-state index in [9.17, 15) is 9.59 Å². The van der Waals surface area contributed by atoms with E-state index in [-0.39, 0.29) is 11.8 Å². The van der Waals surface area contributed by atoms with Gasteiger partial charge in [0, 0.05) is 31.3 Å². The number of hydrogen-bond donors (Lipinski definition) is 0. The molecule has 5 heterocycles. The number of imide groups is 1. The quantitative estimate of drug-likeness (QED) is 0.151. The van der Waals surface area contributed by atoms with Gasteiger partial charge >= 0.3 is 0 Å². The summed E-state index contributed by atoms with van der Waals surface area (Å²) in [5.41, 5.74) is 2.07. The van der Waals surface area contributed by atoms with Gasteiger partial charge in [0.25, 0.3) is 0 Å². The van der Waals surface area contributed by atoms with E-state index >= 15 is 0 Å². The van der Waals surface area contributed by atoms with Crippen molar-refractivity contribution in [1.29, 1.82) is 0 Å². The molecule has 0 radical (unpaired) electrons. The highest BCUT2D eigenvalue weighted by Crippen LogP contribution is 2.21. The molecule has 5 rings (SSSR count). The molecule has 2 amide bonds. The third kappa shape index (κ3) is 5.58. The number of fused-ring (bicyclic) bond motifs is 2. The van der Waals surface area contributed by atoms with Crippen LogP contribution in [0.3, 0.4) is 0 Å². The van der Waals surface area contributed by atoms with E-state index < -0.39 is 0 Å². The number of carbonyl (C=O) groups is 2. The van der Waals surface area contributed by atoms with Gasteiger partial charge in [0.05, 0.1) is 37.5 Å². The summed E-state index contributed by atoms with van der Waals surface area (Å²) < 4.78 is 5.65. The predicted octanol–water partition coefficient (Wildman–Crippen LogP) is 5.07. The number of nitrogens with zero attached hydrogens (tertiary/aromatic N) is 5. The zero-order valence-electron chi connectivity index (χ0n) is 14.7. The van der Waals surface area contributed by atoms with Crippen LogP contribution in [0.2, 0.25) is 10.3 Å². The van der Waals surface area contributed by atoms with Crippen LogP contribution >= 0.6 is 68.7 Å². The number of amides is 2. The molecule has 1 saturated heterocycles. The van der Waals surface area contributed by atoms with E-state index in [1.54, 1.807) is 31.9 Å². The molecule has 0 aliphatic carbocycles. The predicted molar refractivity (Wildman–Crippen MR) is 128 cm³/mol. The average Bonchev–Trinajstić information content (AvgIpc) is 3.34. The van der Waals surface area contributed by atoms with Crippen molar-refractivity contribution in [2.24, 2.45) is 0 Å². The molecule has 4 aromatic heterocycles. The fourth-order valence-electron chi connectivity index (χ4n) is 2.40. The fourth-order valence-corrected chi connectivity index (χ4v) is 3.78. The standard InChI is InChI=1S/C7H4ClIN2.C7H5ClN2.C4H4INO2/c8-7-6(9)5-3-1-2-4-11(5)10-7;8-7-5-6-3-1-2-4-10(6)9-7;5-6-3(7)1-2-4(6)8/h1-4H;1-5H;1-2H2. The first-order chi connectivity index (χ1) is 13.9. The van der Waals surface area contributed by atoms with Gasteiger partial charge in [-0.2, -0.15) is 10.2 Å². The van der Waals surface area contributed by atoms with Crippen molar-refractivity contribution in [3.63, 3.8) is 0 Å². The van der Waals surface area contributed by atoms with Crippen molar-refractivity contribution in [2.45, 2.75) is 12.8 Å². The summed E-state index contributed by atoms with van der Waals surface area (Å²) in [7, 11) is 0. The van der Waals surface area contributed by atoms with Gasteiger partial charge in [-0.05, 0) is 46.9 Å². The van der Waals surface area contributed by atoms with Crippen LogP contribution in [0, 0.1) is 3.57 Å². The zero-order chi connectivity index (χ0) is 21.0. The number of pyridine rings is 2. The fraction of sp³-hybridized carbons (Fsp3) is 0.111. The largest absolute Gasteiger partial charge is 0.274 e. The Morgan fingerprint density at radius 1 is 0.897 bits per heavy atom. The molecule has 1 aliphatic heterocycles. The van der Waals surface area contributed by atoms with Gasteiger partial charge in [-0.25, -0.2) is 12.1 Å². The lowest BCUT2D eigenvalue weighted by atomic mass is 10.4. The molecule has 1 fully saturated rings. The first kappa shape index (κ1) is 22.2. The van der Waals surface area contributed by atoms with Crippen LogP contribution in [0.25, 0.3) is 11.0 Å². The van der Waals surface area contributed by atoms with Crippen molar-refractivity contribution in [1.82, 2.24) is 22.3 Å². The Hall–Kier alpha value is -1.44. The molecular formula is C18H13Cl2I2N5O2. The van der Waals surface area contributed by atoms with E-state index in [0.29, 0.717) is 23.1 Å². The highest BCUT2D eigenvalue weighted by atomic mass is 127. The first-order valence-corrected chi connectivity index (χ1v) is 11.1. The Labute approximate surface area is 203 Å². The number of aromatic nitrogens is 4. The lowest BCUT2D eigenvalue weighted by Crippen LogP contribution is -2.16. The van der Waals surface area contributed by atoms with Crippen LogP contribution in [-0.2, 0) is 9.59 Å². The maximum Gasteiger partial charge on any atom is 0.238 e. The Morgan fingerprint density at radius 2 is 1.52 bits per heavy atom. The lowest BCUT2D eigenvalue weighted by molar-refractivity contribution is -0.130. The monoisotopic (exact) mass is 655 g/mol. The molecule has 0 aromatic carbocycles. The minimum Gasteiger partial charge on any atom is -0.274 e. The molecular weight excluding hydrogens is 643 g/mol. The van der Waals surface area contributed by atoms with Crippen LogP contribution in [0.15, 0.2) is 54.9 Å². The second-order valence-electron chi connectivity index (χ2n) is 5.74. The number of carbonyl (C=O) groups excluding carboxylic acids is 2. The molecule has 0 bridgehead atoms. The van der Waals surface area contributed by atoms with Crippen molar-refractivity contribution < 1.29 is 9.59 Å². The van der Waals surface area contributed by atoms with Crippen molar-refractivity contribution in [3.05, 3.63) is 68.7 Å². The van der Waals surface area contributed by atoms with Crippen molar-refractivity contribution in [3.8, 4) is 0 Å². The van der Waals surface area contributed by atoms with Crippen molar-refractivity contribution in [2.75, 3.05) is 0 Å². The smallest absolute Gasteiger partial charge is 0.238 e. The molecule has 7 nitrogen and oxygen atoms in total. The van der Waals surface area contributed by atoms with Crippen molar-refractivity contribution >= 4 is 91.5 Å². The molecule has 0 spiro atoms. The number of halogens is 4. The third-order valence-electron chi connectivity index (χ3n) is 3.77. The SMILES string of the molecule is Clc1cc2ccccn2n1.Clc1nn2ccccc2c1I.O=C1CCC(=O)N1I. The topological polar surface area (TPSA) is 72.0 Å². The van der Waals surface area contributed by atoms with Crippen LogP contribution in [0.1, 0.15) is 12.8 Å². The Morgan fingerprint density at radius 3 is 2.07 bits per heavy atom. The average molecular weight is 656 g/mol. The number of rotatable bonds is 0. The summed E-state index contributed by atoms with van der Waals surface area (Å²) >= 11 is 15.4. The molecule has 0 atom stereocenters. The molecule has 0 unspecified atom stereocenters. The van der Waals surface area contributed by atoms with Gasteiger partial charge in [0.2, 0.25) is 11.8 Å². The highest BCUT2D eigenvalue weighted by Gasteiger charge is 2.26. The summed E-state index contributed by atoms with van der Waals surface area (Å²) in [4.78, 5) is 21.0. The Kier molecular flexibility index (Phi) is 7.71. The summed E-state index contributed by atoms with van der Waals surface area (Å²) in [6, 6.07) is 13.5. The highest BCUT2D eigenvalue weighted by molar-refractivity contribution is 14.1. The minimum absolute atomic E-state index is 0.0735. The Balaban J connectivity index is 0.000000126. The van der Waals surface area contributed by atoms with Crippen LogP contribution < -0.4 is 0 Å². The minimum atomic E-state index is -0.0735. The maximum absolute atomic E-state index is 10.5. The molecule has 11 heteroatoms. The van der Waals surface area contributed by atoms with Gasteiger partial charge in [-0.15, -0.1) is 0 Å². The maximum atomic E-state index is 10.5. The lowest BCUT2D eigenvalue weighted by Gasteiger charge is -1.97. The Bertz CT molecular complexity index is 1130. The van der Waals surface area contributed by atoms with Gasteiger partial charge in [0.15, 0.2) is 10.3 Å². The van der Waals surface area contributed by atoms with E-state index in [2.05, 4.69) is 32.8 Å². The van der Waals surface area contributed by atoms with E-state index in [0.717, 1.165) is 17.7 Å². The van der Waals surface area contributed by atoms with Crippen LogP contribution in [-0.4, -0.2) is 34.2 Å². The summed E-state index contributed by atoms with van der Waals surface area (Å²) in [5, 5.41) is 9.18. The molecule has 29 heavy (non-hydrogen) atoms. The summed E-state index contributed by atoms with van der Waals surface area (Å²) in [6.07, 6.45) is 4.52.